The van der Waals surface area contributed by atoms with Crippen molar-refractivity contribution in [2.75, 3.05) is 56.5 Å². The van der Waals surface area contributed by atoms with E-state index in [1.165, 1.54) is 6.20 Å². The number of nitrogens with one attached hydrogen (secondary N) is 1. The highest BCUT2D eigenvalue weighted by Gasteiger charge is 2.23. The molecule has 2 aliphatic rings. The van der Waals surface area contributed by atoms with Crippen LogP contribution in [0.25, 0.3) is 27.8 Å². The van der Waals surface area contributed by atoms with E-state index in [4.69, 9.17) is 33.3 Å². The van der Waals surface area contributed by atoms with Gasteiger partial charge in [-0.05, 0) is 68.4 Å². The molecule has 0 spiro atoms. The number of para-hydroxylation sites is 1. The molecule has 2 fully saturated rings. The minimum atomic E-state index is -0.487. The Hall–Kier alpha value is -4.58. The fraction of sp³-hybridized carbons (Fsp3) is 0.273. The SMILES string of the molecule is CN1CCN(c2ccc(Nc3ncc4c(=O)n(-c5c(Cl)cccc5Cl)nc(-c5ccnc(C(=O)N6CCCC6)c5)c4n3)cc2)CC1. The van der Waals surface area contributed by atoms with Crippen LogP contribution in [0.1, 0.15) is 23.3 Å². The van der Waals surface area contributed by atoms with Gasteiger partial charge in [0.2, 0.25) is 5.95 Å². The van der Waals surface area contributed by atoms with Gasteiger partial charge in [0.15, 0.2) is 0 Å². The third-order valence-corrected chi connectivity index (χ3v) is 9.03. The lowest BCUT2D eigenvalue weighted by Crippen LogP contribution is -2.44. The van der Waals surface area contributed by atoms with E-state index >= 15 is 0 Å². The van der Waals surface area contributed by atoms with E-state index in [9.17, 15) is 9.59 Å². The molecular weight excluding hydrogens is 625 g/mol. The summed E-state index contributed by atoms with van der Waals surface area (Å²) in [5.41, 5.74) is 3.20. The van der Waals surface area contributed by atoms with Gasteiger partial charge in [-0.25, -0.2) is 9.97 Å². The number of hydrogen-bond donors (Lipinski definition) is 1. The number of piperazine rings is 1. The van der Waals surface area contributed by atoms with E-state index in [-0.39, 0.29) is 32.7 Å². The molecule has 46 heavy (non-hydrogen) atoms. The molecule has 7 rings (SSSR count). The van der Waals surface area contributed by atoms with Gasteiger partial charge < -0.3 is 20.0 Å². The van der Waals surface area contributed by atoms with Crippen LogP contribution in [0.5, 0.6) is 0 Å². The van der Waals surface area contributed by atoms with Crippen molar-refractivity contribution in [1.29, 1.82) is 0 Å². The molecule has 0 radical (unpaired) electrons. The number of carbonyl (C=O) groups is 1. The van der Waals surface area contributed by atoms with Crippen molar-refractivity contribution >= 4 is 57.3 Å². The smallest absolute Gasteiger partial charge is 0.282 e. The molecule has 3 aromatic heterocycles. The van der Waals surface area contributed by atoms with Gasteiger partial charge in [-0.15, -0.1) is 0 Å². The maximum atomic E-state index is 13.8. The Labute approximate surface area is 275 Å². The first-order valence-corrected chi connectivity index (χ1v) is 15.9. The fourth-order valence-corrected chi connectivity index (χ4v) is 6.41. The average molecular weight is 657 g/mol. The van der Waals surface area contributed by atoms with Gasteiger partial charge in [0.1, 0.15) is 22.6 Å². The van der Waals surface area contributed by atoms with Crippen LogP contribution in [0.2, 0.25) is 10.0 Å². The second kappa shape index (κ2) is 12.7. The summed E-state index contributed by atoms with van der Waals surface area (Å²) in [6, 6.07) is 16.5. The molecule has 0 unspecified atom stereocenters. The number of likely N-dealkylation sites (N-methyl/N-ethyl adjacent to an activating group) is 1. The lowest BCUT2D eigenvalue weighted by Gasteiger charge is -2.34. The molecular formula is C33H31Cl2N9O2. The van der Waals surface area contributed by atoms with E-state index in [2.05, 4.69) is 44.3 Å². The van der Waals surface area contributed by atoms with Crippen LogP contribution in [0.3, 0.4) is 0 Å². The summed E-state index contributed by atoms with van der Waals surface area (Å²) < 4.78 is 1.16. The second-order valence-electron chi connectivity index (χ2n) is 11.5. The van der Waals surface area contributed by atoms with Crippen LogP contribution in [-0.2, 0) is 0 Å². The Morgan fingerprint density at radius 3 is 2.33 bits per heavy atom. The maximum Gasteiger partial charge on any atom is 0.282 e. The van der Waals surface area contributed by atoms with Gasteiger partial charge in [-0.2, -0.15) is 9.78 Å². The largest absolute Gasteiger partial charge is 0.369 e. The van der Waals surface area contributed by atoms with Crippen LogP contribution in [0, 0.1) is 0 Å². The number of benzene rings is 2. The first kappa shape index (κ1) is 30.1. The number of carbonyl (C=O) groups excluding carboxylic acids is 1. The molecule has 2 aromatic carbocycles. The highest BCUT2D eigenvalue weighted by atomic mass is 35.5. The first-order valence-electron chi connectivity index (χ1n) is 15.2. The molecule has 234 valence electrons. The highest BCUT2D eigenvalue weighted by Crippen LogP contribution is 2.31. The maximum absolute atomic E-state index is 13.8. The van der Waals surface area contributed by atoms with Crippen molar-refractivity contribution in [2.45, 2.75) is 12.8 Å². The summed E-state index contributed by atoms with van der Waals surface area (Å²) in [5.74, 6) is 0.140. The zero-order valence-electron chi connectivity index (χ0n) is 25.2. The number of aromatic nitrogens is 5. The number of hydrogen-bond acceptors (Lipinski definition) is 9. The van der Waals surface area contributed by atoms with E-state index < -0.39 is 5.56 Å². The monoisotopic (exact) mass is 655 g/mol. The number of pyridine rings is 1. The Balaban J connectivity index is 1.30. The van der Waals surface area contributed by atoms with Gasteiger partial charge in [0, 0.05) is 68.6 Å². The highest BCUT2D eigenvalue weighted by molar-refractivity contribution is 6.37. The minimum Gasteiger partial charge on any atom is -0.369 e. The Kier molecular flexibility index (Phi) is 8.29. The number of amides is 1. The van der Waals surface area contributed by atoms with Crippen LogP contribution < -0.4 is 15.8 Å². The number of halogens is 2. The summed E-state index contributed by atoms with van der Waals surface area (Å²) in [6.45, 7) is 5.39. The molecule has 2 aliphatic heterocycles. The topological polar surface area (TPSA) is 112 Å². The second-order valence-corrected chi connectivity index (χ2v) is 12.3. The van der Waals surface area contributed by atoms with Crippen molar-refractivity contribution in [3.8, 4) is 16.9 Å². The van der Waals surface area contributed by atoms with Crippen molar-refractivity contribution < 1.29 is 4.79 Å². The predicted octanol–water partition coefficient (Wildman–Crippen LogP) is 5.28. The third kappa shape index (κ3) is 5.89. The predicted molar refractivity (Wildman–Crippen MR) is 181 cm³/mol. The van der Waals surface area contributed by atoms with E-state index in [0.717, 1.165) is 55.1 Å². The molecule has 1 N–H and O–H groups in total. The van der Waals surface area contributed by atoms with Crippen LogP contribution >= 0.6 is 23.2 Å². The van der Waals surface area contributed by atoms with Crippen molar-refractivity contribution in [2.24, 2.45) is 0 Å². The van der Waals surface area contributed by atoms with Crippen LogP contribution in [0.4, 0.5) is 17.3 Å². The number of nitrogens with zero attached hydrogens (tertiary/aromatic N) is 8. The molecule has 1 amide bonds. The van der Waals surface area contributed by atoms with Crippen LogP contribution in [-0.4, -0.2) is 86.8 Å². The molecule has 0 atom stereocenters. The molecule has 13 heteroatoms. The summed E-state index contributed by atoms with van der Waals surface area (Å²) in [5, 5.41) is 8.72. The van der Waals surface area contributed by atoms with Crippen molar-refractivity contribution in [1.82, 2.24) is 34.5 Å². The summed E-state index contributed by atoms with van der Waals surface area (Å²) in [4.78, 5) is 47.2. The Bertz CT molecular complexity index is 1970. The molecule has 5 aromatic rings. The molecule has 0 bridgehead atoms. The summed E-state index contributed by atoms with van der Waals surface area (Å²) >= 11 is 13.0. The van der Waals surface area contributed by atoms with E-state index in [0.29, 0.717) is 35.8 Å². The van der Waals surface area contributed by atoms with Crippen molar-refractivity contribution in [3.05, 3.63) is 93.1 Å². The first-order chi connectivity index (χ1) is 22.4. The van der Waals surface area contributed by atoms with Gasteiger partial charge in [-0.1, -0.05) is 29.3 Å². The third-order valence-electron chi connectivity index (χ3n) is 8.42. The van der Waals surface area contributed by atoms with Crippen LogP contribution in [0.15, 0.2) is 71.8 Å². The van der Waals surface area contributed by atoms with Gasteiger partial charge in [-0.3, -0.25) is 14.6 Å². The van der Waals surface area contributed by atoms with Gasteiger partial charge >= 0.3 is 0 Å². The lowest BCUT2D eigenvalue weighted by atomic mass is 10.1. The van der Waals surface area contributed by atoms with Gasteiger partial charge in [0.25, 0.3) is 11.5 Å². The fourth-order valence-electron chi connectivity index (χ4n) is 5.85. The Morgan fingerprint density at radius 1 is 0.891 bits per heavy atom. The molecule has 11 nitrogen and oxygen atoms in total. The van der Waals surface area contributed by atoms with E-state index in [1.54, 1.807) is 41.4 Å². The zero-order valence-corrected chi connectivity index (χ0v) is 26.7. The number of anilines is 3. The Morgan fingerprint density at radius 2 is 1.61 bits per heavy atom. The minimum absolute atomic E-state index is 0.150. The lowest BCUT2D eigenvalue weighted by molar-refractivity contribution is 0.0787. The quantitative estimate of drug-likeness (QED) is 0.261. The average Bonchev–Trinajstić information content (AvgIpc) is 3.61. The molecule has 0 saturated carbocycles. The van der Waals surface area contributed by atoms with Gasteiger partial charge in [0.05, 0.1) is 15.4 Å². The normalized spacial score (nSPS) is 15.5. The summed E-state index contributed by atoms with van der Waals surface area (Å²) in [7, 11) is 2.14. The standard InChI is InChI=1S/C33H31Cl2N9O2/c1-41-15-17-42(18-16-41)23-9-7-22(8-10-23)38-33-37-20-24-29(39-33)28(40-44(31(24)45)30-25(34)5-4-6-26(30)35)21-11-12-36-27(19-21)32(46)43-13-2-3-14-43/h4-12,19-20H,2-3,13-18H2,1H3,(H,37,38,39). The number of rotatable bonds is 6. The summed E-state index contributed by atoms with van der Waals surface area (Å²) in [6.07, 6.45) is 4.96. The number of fused-ring (bicyclic) bond motifs is 1. The molecule has 5 heterocycles. The van der Waals surface area contributed by atoms with E-state index in [1.807, 2.05) is 12.1 Å². The molecule has 2 saturated heterocycles. The zero-order chi connectivity index (χ0) is 31.8. The van der Waals surface area contributed by atoms with Crippen molar-refractivity contribution in [3.63, 3.8) is 0 Å². The molecule has 0 aliphatic carbocycles. The number of likely N-dealkylation sites (tertiary alicyclic amines) is 1.